The van der Waals surface area contributed by atoms with Crippen LogP contribution in [0.25, 0.3) is 5.65 Å². The van der Waals surface area contributed by atoms with Crippen molar-refractivity contribution in [2.45, 2.75) is 25.9 Å². The average Bonchev–Trinajstić information content (AvgIpc) is 3.14. The van der Waals surface area contributed by atoms with Crippen LogP contribution in [0, 0.1) is 6.92 Å². The number of carbonyl (C=O) groups excluding carboxylic acids is 1. The molecule has 0 atom stereocenters. The van der Waals surface area contributed by atoms with Crippen LogP contribution in [0.15, 0.2) is 41.5 Å². The van der Waals surface area contributed by atoms with E-state index in [9.17, 15) is 9.59 Å². The summed E-state index contributed by atoms with van der Waals surface area (Å²) < 4.78 is 8.84. The van der Waals surface area contributed by atoms with Crippen molar-refractivity contribution in [1.29, 1.82) is 0 Å². The van der Waals surface area contributed by atoms with Crippen molar-refractivity contribution < 1.29 is 9.53 Å². The van der Waals surface area contributed by atoms with Gasteiger partial charge in [0.2, 0.25) is 0 Å². The van der Waals surface area contributed by atoms with Crippen molar-refractivity contribution in [3.05, 3.63) is 63.4 Å². The Morgan fingerprint density at radius 3 is 2.57 bits per heavy atom. The van der Waals surface area contributed by atoms with Gasteiger partial charge in [-0.15, -0.1) is 0 Å². The minimum Gasteiger partial charge on any atom is -0.490 e. The summed E-state index contributed by atoms with van der Waals surface area (Å²) >= 11 is 5.90. The fourth-order valence-corrected chi connectivity index (χ4v) is 3.71. The van der Waals surface area contributed by atoms with Crippen molar-refractivity contribution in [3.63, 3.8) is 0 Å². The van der Waals surface area contributed by atoms with Crippen LogP contribution >= 0.6 is 11.6 Å². The zero-order chi connectivity index (χ0) is 19.8. The van der Waals surface area contributed by atoms with Crippen LogP contribution in [-0.2, 0) is 7.05 Å². The van der Waals surface area contributed by atoms with E-state index in [-0.39, 0.29) is 17.7 Å². The molecule has 1 aliphatic heterocycles. The van der Waals surface area contributed by atoms with Crippen LogP contribution in [0.3, 0.4) is 0 Å². The summed E-state index contributed by atoms with van der Waals surface area (Å²) in [7, 11) is 1.67. The molecule has 146 valence electrons. The van der Waals surface area contributed by atoms with Gasteiger partial charge in [-0.05, 0) is 31.2 Å². The number of ether oxygens (including phenoxy) is 1. The molecule has 3 heterocycles. The molecule has 0 N–H and O–H groups in total. The first-order valence-corrected chi connectivity index (χ1v) is 9.57. The monoisotopic (exact) mass is 400 g/mol. The van der Waals surface area contributed by atoms with Gasteiger partial charge in [0.25, 0.3) is 5.91 Å². The number of aromatic nitrogens is 3. The predicted molar refractivity (Wildman–Crippen MR) is 106 cm³/mol. The molecular formula is C20H21ClN4O3. The average molecular weight is 401 g/mol. The second kappa shape index (κ2) is 7.31. The summed E-state index contributed by atoms with van der Waals surface area (Å²) in [5, 5.41) is 0.669. The Morgan fingerprint density at radius 1 is 1.21 bits per heavy atom. The smallest absolute Gasteiger partial charge is 0.334 e. The number of piperidine rings is 1. The number of halogens is 1. The lowest BCUT2D eigenvalue weighted by Crippen LogP contribution is -2.42. The van der Waals surface area contributed by atoms with E-state index in [1.165, 1.54) is 15.2 Å². The number of likely N-dealkylation sites (tertiary alicyclic amines) is 1. The van der Waals surface area contributed by atoms with Crippen LogP contribution in [0.5, 0.6) is 5.75 Å². The molecule has 0 bridgehead atoms. The lowest BCUT2D eigenvalue weighted by atomic mass is 10.1. The molecule has 1 aliphatic rings. The first-order chi connectivity index (χ1) is 13.4. The molecule has 0 unspecified atom stereocenters. The minimum atomic E-state index is -0.276. The maximum atomic E-state index is 13.0. The number of aryl methyl sites for hydroxylation is 2. The number of hydrogen-bond acceptors (Lipinski definition) is 4. The summed E-state index contributed by atoms with van der Waals surface area (Å²) in [4.78, 5) is 31.6. The number of nitrogens with zero attached hydrogens (tertiary/aromatic N) is 4. The molecule has 0 aliphatic carbocycles. The molecule has 1 fully saturated rings. The molecule has 28 heavy (non-hydrogen) atoms. The van der Waals surface area contributed by atoms with Gasteiger partial charge >= 0.3 is 5.69 Å². The number of amides is 1. The van der Waals surface area contributed by atoms with Gasteiger partial charge < -0.3 is 14.2 Å². The first-order valence-electron chi connectivity index (χ1n) is 9.19. The summed E-state index contributed by atoms with van der Waals surface area (Å²) in [6, 6.07) is 7.28. The molecule has 1 saturated heterocycles. The summed E-state index contributed by atoms with van der Waals surface area (Å²) in [6.07, 6.45) is 4.70. The van der Waals surface area contributed by atoms with Gasteiger partial charge in [0.05, 0.1) is 6.20 Å². The Hall–Kier alpha value is -2.80. The number of rotatable bonds is 3. The van der Waals surface area contributed by atoms with Gasteiger partial charge in [0, 0.05) is 49.8 Å². The van der Waals surface area contributed by atoms with E-state index in [1.807, 2.05) is 19.1 Å². The van der Waals surface area contributed by atoms with Crippen LogP contribution < -0.4 is 10.4 Å². The van der Waals surface area contributed by atoms with Gasteiger partial charge in [-0.1, -0.05) is 11.6 Å². The van der Waals surface area contributed by atoms with Crippen LogP contribution in [0.2, 0.25) is 5.02 Å². The summed E-state index contributed by atoms with van der Waals surface area (Å²) in [5.41, 5.74) is 1.39. The standard InChI is InChI=1S/C20H21ClN4O3/c1-13-12-23(2)20(27)25-17(11-22-18(13)25)19(26)24-9-7-16(8-10-24)28-15-5-3-14(21)4-6-15/h3-6,11-12,16H,7-10H2,1-2H3. The van der Waals surface area contributed by atoms with E-state index < -0.39 is 0 Å². The molecule has 0 spiro atoms. The lowest BCUT2D eigenvalue weighted by Gasteiger charge is -2.32. The second-order valence-electron chi connectivity index (χ2n) is 7.07. The zero-order valence-corrected chi connectivity index (χ0v) is 16.5. The van der Waals surface area contributed by atoms with Crippen molar-refractivity contribution >= 4 is 23.2 Å². The topological polar surface area (TPSA) is 68.8 Å². The number of benzene rings is 1. The highest BCUT2D eigenvalue weighted by Gasteiger charge is 2.27. The van der Waals surface area contributed by atoms with Crippen LogP contribution in [0.4, 0.5) is 0 Å². The van der Waals surface area contributed by atoms with Crippen molar-refractivity contribution in [3.8, 4) is 5.75 Å². The van der Waals surface area contributed by atoms with E-state index in [0.29, 0.717) is 29.5 Å². The fraction of sp³-hybridized carbons (Fsp3) is 0.350. The molecule has 0 saturated carbocycles. The Morgan fingerprint density at radius 2 is 1.89 bits per heavy atom. The number of imidazole rings is 1. The Labute approximate surface area is 167 Å². The molecule has 0 radical (unpaired) electrons. The van der Waals surface area contributed by atoms with Gasteiger partial charge in [0.15, 0.2) is 0 Å². The maximum Gasteiger partial charge on any atom is 0.334 e. The van der Waals surface area contributed by atoms with Gasteiger partial charge in [-0.25, -0.2) is 14.2 Å². The normalized spacial score (nSPS) is 15.2. The summed E-state index contributed by atoms with van der Waals surface area (Å²) in [5.74, 6) is 0.593. The third-order valence-corrected chi connectivity index (χ3v) is 5.31. The minimum absolute atomic E-state index is 0.0440. The first kappa shape index (κ1) is 18.6. The molecule has 7 nitrogen and oxygen atoms in total. The molecule has 2 aromatic heterocycles. The molecule has 4 rings (SSSR count). The Bertz CT molecular complexity index is 1080. The number of hydrogen-bond donors (Lipinski definition) is 0. The molecule has 3 aromatic rings. The quantitative estimate of drug-likeness (QED) is 0.677. The zero-order valence-electron chi connectivity index (χ0n) is 15.8. The molecule has 1 amide bonds. The molecular weight excluding hydrogens is 380 g/mol. The summed E-state index contributed by atoms with van der Waals surface area (Å²) in [6.45, 7) is 3.00. The van der Waals surface area contributed by atoms with E-state index >= 15 is 0 Å². The van der Waals surface area contributed by atoms with Crippen LogP contribution in [-0.4, -0.2) is 44.0 Å². The number of fused-ring (bicyclic) bond motifs is 1. The van der Waals surface area contributed by atoms with Gasteiger partial charge in [0.1, 0.15) is 23.2 Å². The fourth-order valence-electron chi connectivity index (χ4n) is 3.58. The van der Waals surface area contributed by atoms with E-state index in [0.717, 1.165) is 24.2 Å². The van der Waals surface area contributed by atoms with E-state index in [1.54, 1.807) is 30.3 Å². The highest BCUT2D eigenvalue weighted by Crippen LogP contribution is 2.22. The van der Waals surface area contributed by atoms with E-state index in [2.05, 4.69) is 4.98 Å². The number of carbonyl (C=O) groups is 1. The van der Waals surface area contributed by atoms with Crippen LogP contribution in [0.1, 0.15) is 28.9 Å². The largest absolute Gasteiger partial charge is 0.490 e. The third-order valence-electron chi connectivity index (χ3n) is 5.06. The Kier molecular flexibility index (Phi) is 4.85. The van der Waals surface area contributed by atoms with Crippen molar-refractivity contribution in [2.24, 2.45) is 7.05 Å². The predicted octanol–water partition coefficient (Wildman–Crippen LogP) is 2.68. The highest BCUT2D eigenvalue weighted by atomic mass is 35.5. The molecule has 1 aromatic carbocycles. The van der Waals surface area contributed by atoms with Gasteiger partial charge in [-0.2, -0.15) is 0 Å². The Balaban J connectivity index is 1.48. The third kappa shape index (κ3) is 3.38. The van der Waals surface area contributed by atoms with Crippen molar-refractivity contribution in [2.75, 3.05) is 13.1 Å². The second-order valence-corrected chi connectivity index (χ2v) is 7.51. The highest BCUT2D eigenvalue weighted by molar-refractivity contribution is 6.30. The lowest BCUT2D eigenvalue weighted by molar-refractivity contribution is 0.0588. The van der Waals surface area contributed by atoms with E-state index in [4.69, 9.17) is 16.3 Å². The van der Waals surface area contributed by atoms with Gasteiger partial charge in [-0.3, -0.25) is 4.79 Å². The SMILES string of the molecule is Cc1cn(C)c(=O)n2c(C(=O)N3CCC(Oc4ccc(Cl)cc4)CC3)cnc12. The van der Waals surface area contributed by atoms with Crippen molar-refractivity contribution in [1.82, 2.24) is 18.9 Å². The molecule has 8 heteroatoms. The maximum absolute atomic E-state index is 13.0.